The van der Waals surface area contributed by atoms with Gasteiger partial charge in [0.05, 0.1) is 0 Å². The molecule has 0 saturated heterocycles. The zero-order valence-corrected chi connectivity index (χ0v) is 21.7. The lowest BCUT2D eigenvalue weighted by Crippen LogP contribution is -2.74. The SMILES string of the molecule is c1ccc([B-](c2ccccc2)(c2ccccc2)c2ccccc2)cc1.c1ccc2c(c1)[NH2+]c1ccccc1O2. The maximum Gasteiger partial charge on any atom is 0.188 e. The molecule has 1 aliphatic heterocycles. The Bertz CT molecular complexity index is 1390. The first-order valence-electron chi connectivity index (χ1n) is 13.4. The van der Waals surface area contributed by atoms with Crippen molar-refractivity contribution >= 4 is 39.4 Å². The average Bonchev–Trinajstić information content (AvgIpc) is 3.03. The van der Waals surface area contributed by atoms with Gasteiger partial charge in [-0.15, -0.1) is 0 Å². The van der Waals surface area contributed by atoms with Crippen LogP contribution in [0.25, 0.3) is 0 Å². The molecule has 188 valence electrons. The number of nitrogens with two attached hydrogens (primary N) is 1. The quantitative estimate of drug-likeness (QED) is 0.253. The second-order valence-electron chi connectivity index (χ2n) is 9.83. The first kappa shape index (κ1) is 24.5. The van der Waals surface area contributed by atoms with Crippen LogP contribution in [0.4, 0.5) is 11.4 Å². The van der Waals surface area contributed by atoms with E-state index in [9.17, 15) is 0 Å². The highest BCUT2D eigenvalue weighted by Crippen LogP contribution is 2.34. The van der Waals surface area contributed by atoms with Crippen LogP contribution in [-0.2, 0) is 0 Å². The number of hydrogen-bond donors (Lipinski definition) is 1. The first-order valence-corrected chi connectivity index (χ1v) is 13.4. The fourth-order valence-electron chi connectivity index (χ4n) is 5.79. The number of para-hydroxylation sites is 4. The summed E-state index contributed by atoms with van der Waals surface area (Å²) >= 11 is 0. The molecule has 1 aliphatic rings. The smallest absolute Gasteiger partial charge is 0.188 e. The molecular formula is C36H30BNO. The molecule has 6 aromatic rings. The summed E-state index contributed by atoms with van der Waals surface area (Å²) in [7, 11) is 0. The second kappa shape index (κ2) is 11.3. The summed E-state index contributed by atoms with van der Waals surface area (Å²) in [6.45, 7) is 0. The third-order valence-corrected chi connectivity index (χ3v) is 7.57. The molecule has 0 fully saturated rings. The number of fused-ring (bicyclic) bond motifs is 2. The van der Waals surface area contributed by atoms with Crippen LogP contribution in [0.2, 0.25) is 0 Å². The van der Waals surface area contributed by atoms with Crippen molar-refractivity contribution in [3.63, 3.8) is 0 Å². The maximum atomic E-state index is 5.75. The van der Waals surface area contributed by atoms with Crippen LogP contribution in [0.1, 0.15) is 0 Å². The monoisotopic (exact) mass is 503 g/mol. The van der Waals surface area contributed by atoms with E-state index in [1.54, 1.807) is 0 Å². The van der Waals surface area contributed by atoms with Gasteiger partial charge in [0, 0.05) is 12.1 Å². The van der Waals surface area contributed by atoms with Crippen molar-refractivity contribution in [1.29, 1.82) is 0 Å². The van der Waals surface area contributed by atoms with Crippen molar-refractivity contribution in [2.24, 2.45) is 0 Å². The van der Waals surface area contributed by atoms with Crippen LogP contribution in [0.5, 0.6) is 11.5 Å². The van der Waals surface area contributed by atoms with Crippen molar-refractivity contribution in [3.05, 3.63) is 170 Å². The van der Waals surface area contributed by atoms with E-state index in [1.807, 2.05) is 36.4 Å². The van der Waals surface area contributed by atoms with E-state index in [4.69, 9.17) is 4.74 Å². The van der Waals surface area contributed by atoms with Gasteiger partial charge in [-0.05, 0) is 12.1 Å². The molecule has 0 bridgehead atoms. The van der Waals surface area contributed by atoms with Crippen molar-refractivity contribution in [1.82, 2.24) is 0 Å². The molecule has 2 N–H and O–H groups in total. The number of ether oxygens (including phenoxy) is 1. The van der Waals surface area contributed by atoms with Crippen LogP contribution in [0, 0.1) is 0 Å². The van der Waals surface area contributed by atoms with Gasteiger partial charge in [0.15, 0.2) is 22.9 Å². The number of quaternary nitrogens is 1. The normalized spacial score (nSPS) is 11.7. The van der Waals surface area contributed by atoms with Gasteiger partial charge in [0.25, 0.3) is 0 Å². The zero-order valence-electron chi connectivity index (χ0n) is 21.7. The highest BCUT2D eigenvalue weighted by Gasteiger charge is 2.31. The van der Waals surface area contributed by atoms with Crippen LogP contribution < -0.4 is 31.9 Å². The van der Waals surface area contributed by atoms with Gasteiger partial charge < -0.3 is 4.74 Å². The zero-order chi connectivity index (χ0) is 26.3. The Morgan fingerprint density at radius 2 is 0.615 bits per heavy atom. The lowest BCUT2D eigenvalue weighted by Gasteiger charge is -2.44. The fraction of sp³-hybridized carbons (Fsp3) is 0. The number of rotatable bonds is 4. The molecule has 7 rings (SSSR count). The summed E-state index contributed by atoms with van der Waals surface area (Å²) in [5, 5.41) is 2.15. The van der Waals surface area contributed by atoms with Crippen molar-refractivity contribution in [2.75, 3.05) is 0 Å². The van der Waals surface area contributed by atoms with Crippen LogP contribution >= 0.6 is 0 Å². The molecule has 0 atom stereocenters. The Morgan fingerprint density at radius 3 is 0.949 bits per heavy atom. The average molecular weight is 503 g/mol. The number of benzene rings is 6. The molecule has 0 saturated carbocycles. The molecule has 0 aromatic heterocycles. The minimum Gasteiger partial charge on any atom is -0.445 e. The van der Waals surface area contributed by atoms with Gasteiger partial charge in [-0.1, -0.05) is 146 Å². The van der Waals surface area contributed by atoms with Gasteiger partial charge in [-0.3, -0.25) is 5.32 Å². The van der Waals surface area contributed by atoms with E-state index < -0.39 is 6.15 Å². The summed E-state index contributed by atoms with van der Waals surface area (Å²) in [5.74, 6) is 1.87. The molecule has 1 heterocycles. The molecule has 0 radical (unpaired) electrons. The third-order valence-electron chi connectivity index (χ3n) is 7.57. The second-order valence-corrected chi connectivity index (χ2v) is 9.83. The lowest BCUT2D eigenvalue weighted by atomic mass is 9.13. The van der Waals surface area contributed by atoms with Crippen LogP contribution in [-0.4, -0.2) is 6.15 Å². The number of hydrogen-bond acceptors (Lipinski definition) is 1. The summed E-state index contributed by atoms with van der Waals surface area (Å²) in [6, 6.07) is 59.6. The highest BCUT2D eigenvalue weighted by atomic mass is 16.5. The Hall–Kier alpha value is -4.86. The summed E-state index contributed by atoms with van der Waals surface area (Å²) in [6.07, 6.45) is -1.22. The van der Waals surface area contributed by atoms with Gasteiger partial charge in [0.2, 0.25) is 0 Å². The van der Waals surface area contributed by atoms with Gasteiger partial charge >= 0.3 is 0 Å². The van der Waals surface area contributed by atoms with Crippen molar-refractivity contribution in [2.45, 2.75) is 0 Å². The highest BCUT2D eigenvalue weighted by molar-refractivity contribution is 7.19. The van der Waals surface area contributed by atoms with Gasteiger partial charge in [-0.2, -0.15) is 21.9 Å². The molecule has 3 heteroatoms. The first-order chi connectivity index (χ1) is 19.4. The fourth-order valence-corrected chi connectivity index (χ4v) is 5.79. The Labute approximate surface area is 230 Å². The summed E-state index contributed by atoms with van der Waals surface area (Å²) < 4.78 is 5.75. The summed E-state index contributed by atoms with van der Waals surface area (Å²) in [5.41, 5.74) is 7.65. The standard InChI is InChI=1S/C24H20B.C12H9NO/c1-5-13-21(14-6-1)25(22-15-7-2-8-16-22,23-17-9-3-10-18-23)24-19-11-4-12-20-24;1-3-7-11-9(5-1)13-10-6-2-4-8-12(10)14-11/h1-20H;1-8,13H/q-1;/p+1. The van der Waals surface area contributed by atoms with E-state index in [1.165, 1.54) is 21.9 Å². The van der Waals surface area contributed by atoms with E-state index in [2.05, 4.69) is 139 Å². The molecule has 0 amide bonds. The maximum absolute atomic E-state index is 5.75. The minimum absolute atomic E-state index is 0.936. The van der Waals surface area contributed by atoms with Crippen molar-refractivity contribution in [3.8, 4) is 11.5 Å². The predicted octanol–water partition coefficient (Wildman–Crippen LogP) is 5.38. The van der Waals surface area contributed by atoms with E-state index in [-0.39, 0.29) is 0 Å². The van der Waals surface area contributed by atoms with E-state index in [0.29, 0.717) is 0 Å². The molecule has 39 heavy (non-hydrogen) atoms. The predicted molar refractivity (Wildman–Crippen MR) is 164 cm³/mol. The van der Waals surface area contributed by atoms with E-state index in [0.717, 1.165) is 22.9 Å². The lowest BCUT2D eigenvalue weighted by molar-refractivity contribution is -0.483. The minimum atomic E-state index is -1.22. The van der Waals surface area contributed by atoms with Crippen molar-refractivity contribution < 1.29 is 10.1 Å². The van der Waals surface area contributed by atoms with E-state index >= 15 is 0 Å². The molecule has 6 aromatic carbocycles. The third kappa shape index (κ3) is 4.88. The van der Waals surface area contributed by atoms with Gasteiger partial charge in [-0.25, -0.2) is 0 Å². The van der Waals surface area contributed by atoms with Crippen LogP contribution in [0.3, 0.4) is 0 Å². The summed E-state index contributed by atoms with van der Waals surface area (Å²) in [4.78, 5) is 0. The Balaban J connectivity index is 0.000000166. The molecular weight excluding hydrogens is 473 g/mol. The molecule has 0 aliphatic carbocycles. The Morgan fingerprint density at radius 1 is 0.333 bits per heavy atom. The molecule has 0 spiro atoms. The molecule has 0 unspecified atom stereocenters. The molecule has 2 nitrogen and oxygen atoms in total. The largest absolute Gasteiger partial charge is 0.445 e. The Kier molecular flexibility index (Phi) is 7.07. The van der Waals surface area contributed by atoms with Crippen LogP contribution in [0.15, 0.2) is 170 Å². The van der Waals surface area contributed by atoms with Gasteiger partial charge in [0.1, 0.15) is 6.15 Å². The topological polar surface area (TPSA) is 25.8 Å².